The van der Waals surface area contributed by atoms with Crippen molar-refractivity contribution in [3.8, 4) is 0 Å². The lowest BCUT2D eigenvalue weighted by atomic mass is 9.92. The SMILES string of the molecule is CCCCCC/C=C\CCC[C@H](CCCC(=O)O)CNC1CCCCC1. The van der Waals surface area contributed by atoms with Crippen LogP contribution in [-0.2, 0) is 4.79 Å². The van der Waals surface area contributed by atoms with Crippen molar-refractivity contribution in [1.82, 2.24) is 5.32 Å². The predicted molar refractivity (Wildman–Crippen MR) is 112 cm³/mol. The van der Waals surface area contributed by atoms with Crippen molar-refractivity contribution in [3.63, 3.8) is 0 Å². The van der Waals surface area contributed by atoms with E-state index < -0.39 is 5.97 Å². The van der Waals surface area contributed by atoms with E-state index in [4.69, 9.17) is 5.11 Å². The van der Waals surface area contributed by atoms with Gasteiger partial charge in [-0.3, -0.25) is 4.79 Å². The van der Waals surface area contributed by atoms with Gasteiger partial charge in [0, 0.05) is 12.5 Å². The number of carboxylic acid groups (broad SMARTS) is 1. The van der Waals surface area contributed by atoms with Crippen molar-refractivity contribution < 1.29 is 9.90 Å². The van der Waals surface area contributed by atoms with Gasteiger partial charge in [-0.2, -0.15) is 0 Å². The van der Waals surface area contributed by atoms with Crippen molar-refractivity contribution in [2.75, 3.05) is 6.54 Å². The van der Waals surface area contributed by atoms with Crippen LogP contribution >= 0.6 is 0 Å². The van der Waals surface area contributed by atoms with Crippen LogP contribution in [0.2, 0.25) is 0 Å². The van der Waals surface area contributed by atoms with E-state index in [1.54, 1.807) is 0 Å². The average Bonchev–Trinajstić information content (AvgIpc) is 2.64. The molecule has 2 N–H and O–H groups in total. The topological polar surface area (TPSA) is 49.3 Å². The van der Waals surface area contributed by atoms with Gasteiger partial charge in [-0.05, 0) is 70.3 Å². The number of aliphatic carboxylic acids is 1. The zero-order chi connectivity index (χ0) is 18.9. The Morgan fingerprint density at radius 3 is 2.38 bits per heavy atom. The summed E-state index contributed by atoms with van der Waals surface area (Å²) >= 11 is 0. The van der Waals surface area contributed by atoms with Gasteiger partial charge >= 0.3 is 5.97 Å². The summed E-state index contributed by atoms with van der Waals surface area (Å²) in [6, 6.07) is 0.703. The molecule has 0 saturated heterocycles. The average molecular weight is 366 g/mol. The van der Waals surface area contributed by atoms with Crippen LogP contribution in [0.1, 0.15) is 110 Å². The number of carbonyl (C=O) groups is 1. The Labute approximate surface area is 162 Å². The summed E-state index contributed by atoms with van der Waals surface area (Å²) in [7, 11) is 0. The van der Waals surface area contributed by atoms with Gasteiger partial charge in [0.25, 0.3) is 0 Å². The minimum atomic E-state index is -0.657. The lowest BCUT2D eigenvalue weighted by Gasteiger charge is -2.26. The predicted octanol–water partition coefficient (Wildman–Crippen LogP) is 6.48. The van der Waals surface area contributed by atoms with Crippen molar-refractivity contribution in [2.45, 2.75) is 116 Å². The maximum absolute atomic E-state index is 10.8. The lowest BCUT2D eigenvalue weighted by molar-refractivity contribution is -0.137. The van der Waals surface area contributed by atoms with E-state index in [1.165, 1.54) is 83.5 Å². The third-order valence-corrected chi connectivity index (χ3v) is 5.68. The van der Waals surface area contributed by atoms with Crippen LogP contribution in [0.3, 0.4) is 0 Å². The van der Waals surface area contributed by atoms with Gasteiger partial charge in [0.1, 0.15) is 0 Å². The normalized spacial score (nSPS) is 17.0. The summed E-state index contributed by atoms with van der Waals surface area (Å²) in [6.45, 7) is 3.33. The molecular weight excluding hydrogens is 322 g/mol. The molecular formula is C23H43NO2. The number of unbranched alkanes of at least 4 members (excludes halogenated alkanes) is 5. The van der Waals surface area contributed by atoms with Crippen LogP contribution in [0.4, 0.5) is 0 Å². The van der Waals surface area contributed by atoms with Gasteiger partial charge in [0.05, 0.1) is 0 Å². The zero-order valence-corrected chi connectivity index (χ0v) is 17.2. The molecule has 1 aliphatic carbocycles. The minimum absolute atomic E-state index is 0.317. The van der Waals surface area contributed by atoms with Crippen molar-refractivity contribution in [1.29, 1.82) is 0 Å². The third-order valence-electron chi connectivity index (χ3n) is 5.68. The van der Waals surface area contributed by atoms with Crippen molar-refractivity contribution in [2.24, 2.45) is 5.92 Å². The summed E-state index contributed by atoms with van der Waals surface area (Å²) in [4.78, 5) is 10.8. The fourth-order valence-corrected chi connectivity index (χ4v) is 3.98. The van der Waals surface area contributed by atoms with Gasteiger partial charge in [0.2, 0.25) is 0 Å². The molecule has 1 atom stereocenters. The molecule has 0 aromatic carbocycles. The molecule has 0 radical (unpaired) electrons. The molecule has 0 unspecified atom stereocenters. The van der Waals surface area contributed by atoms with Crippen LogP contribution in [0.25, 0.3) is 0 Å². The van der Waals surface area contributed by atoms with Crippen LogP contribution in [0.5, 0.6) is 0 Å². The van der Waals surface area contributed by atoms with Gasteiger partial charge < -0.3 is 10.4 Å². The quantitative estimate of drug-likeness (QED) is 0.243. The van der Waals surface area contributed by atoms with Gasteiger partial charge in [-0.1, -0.05) is 57.6 Å². The molecule has 1 rings (SSSR count). The van der Waals surface area contributed by atoms with Crippen molar-refractivity contribution in [3.05, 3.63) is 12.2 Å². The van der Waals surface area contributed by atoms with Crippen LogP contribution in [-0.4, -0.2) is 23.7 Å². The molecule has 1 fully saturated rings. The number of nitrogens with one attached hydrogen (secondary N) is 1. The zero-order valence-electron chi connectivity index (χ0n) is 17.2. The highest BCUT2D eigenvalue weighted by Gasteiger charge is 2.15. The number of hydrogen-bond donors (Lipinski definition) is 2. The molecule has 0 spiro atoms. The molecule has 0 heterocycles. The molecule has 3 heteroatoms. The molecule has 0 amide bonds. The molecule has 0 aromatic rings. The second-order valence-corrected chi connectivity index (χ2v) is 8.15. The van der Waals surface area contributed by atoms with E-state index in [-0.39, 0.29) is 0 Å². The summed E-state index contributed by atoms with van der Waals surface area (Å²) in [5.74, 6) is -0.0239. The fraction of sp³-hybridized carbons (Fsp3) is 0.870. The monoisotopic (exact) mass is 365 g/mol. The number of rotatable bonds is 16. The molecule has 3 nitrogen and oxygen atoms in total. The smallest absolute Gasteiger partial charge is 0.303 e. The Balaban J connectivity index is 2.18. The Kier molecular flexibility index (Phi) is 14.6. The van der Waals surface area contributed by atoms with E-state index in [0.717, 1.165) is 19.4 Å². The maximum Gasteiger partial charge on any atom is 0.303 e. The van der Waals surface area contributed by atoms with E-state index in [1.807, 2.05) is 0 Å². The fourth-order valence-electron chi connectivity index (χ4n) is 3.98. The van der Waals surface area contributed by atoms with E-state index >= 15 is 0 Å². The lowest BCUT2D eigenvalue weighted by Crippen LogP contribution is -2.35. The molecule has 26 heavy (non-hydrogen) atoms. The van der Waals surface area contributed by atoms with Gasteiger partial charge in [0.15, 0.2) is 0 Å². The molecule has 0 bridgehead atoms. The standard InChI is InChI=1S/C23H43NO2/c1-2-3-4-5-6-7-8-9-11-15-21(16-14-19-23(25)26)20-24-22-17-12-10-13-18-22/h7-8,21-22,24H,2-6,9-20H2,1H3,(H,25,26)/b8-7-/t21-/m1/s1. The van der Waals surface area contributed by atoms with Crippen LogP contribution < -0.4 is 5.32 Å². The minimum Gasteiger partial charge on any atom is -0.481 e. The van der Waals surface area contributed by atoms with Gasteiger partial charge in [-0.25, -0.2) is 0 Å². The summed E-state index contributed by atoms with van der Waals surface area (Å²) < 4.78 is 0. The first-order valence-corrected chi connectivity index (χ1v) is 11.3. The summed E-state index contributed by atoms with van der Waals surface area (Å²) in [5, 5.41) is 12.7. The molecule has 0 aromatic heterocycles. The third kappa shape index (κ3) is 13.4. The van der Waals surface area contributed by atoms with E-state index in [0.29, 0.717) is 18.4 Å². The molecule has 0 aliphatic heterocycles. The van der Waals surface area contributed by atoms with Crippen LogP contribution in [0, 0.1) is 5.92 Å². The highest BCUT2D eigenvalue weighted by atomic mass is 16.4. The van der Waals surface area contributed by atoms with Crippen molar-refractivity contribution >= 4 is 5.97 Å². The molecule has 1 aliphatic rings. The maximum atomic E-state index is 10.8. The second kappa shape index (κ2) is 16.4. The Hall–Kier alpha value is -0.830. The van der Waals surface area contributed by atoms with E-state index in [9.17, 15) is 4.79 Å². The first kappa shape index (κ1) is 23.2. The summed E-state index contributed by atoms with van der Waals surface area (Å²) in [5.41, 5.74) is 0. The Bertz CT molecular complexity index is 361. The number of hydrogen-bond acceptors (Lipinski definition) is 2. The first-order valence-electron chi connectivity index (χ1n) is 11.3. The Morgan fingerprint density at radius 1 is 1.00 bits per heavy atom. The van der Waals surface area contributed by atoms with Crippen LogP contribution in [0.15, 0.2) is 12.2 Å². The number of carboxylic acids is 1. The Morgan fingerprint density at radius 2 is 1.69 bits per heavy atom. The summed E-state index contributed by atoms with van der Waals surface area (Å²) in [6.07, 6.45) is 23.9. The number of allylic oxidation sites excluding steroid dienone is 2. The van der Waals surface area contributed by atoms with Gasteiger partial charge in [-0.15, -0.1) is 0 Å². The molecule has 152 valence electrons. The van der Waals surface area contributed by atoms with E-state index in [2.05, 4.69) is 24.4 Å². The second-order valence-electron chi connectivity index (χ2n) is 8.15. The first-order chi connectivity index (χ1) is 12.7. The largest absolute Gasteiger partial charge is 0.481 e. The molecule has 1 saturated carbocycles. The highest BCUT2D eigenvalue weighted by Crippen LogP contribution is 2.20. The highest BCUT2D eigenvalue weighted by molar-refractivity contribution is 5.66.